The topological polar surface area (TPSA) is 26.5 Å². The molecule has 5 heteroatoms. The van der Waals surface area contributed by atoms with Crippen molar-refractivity contribution in [3.63, 3.8) is 0 Å². The monoisotopic (exact) mass is 488 g/mol. The Balaban J connectivity index is 1.98. The number of ether oxygens (including phenoxy) is 1. The summed E-state index contributed by atoms with van der Waals surface area (Å²) in [5, 5.41) is 4.69. The predicted octanol–water partition coefficient (Wildman–Crippen LogP) is 8.50. The number of pyridine rings is 1. The second kappa shape index (κ2) is 6.90. The summed E-state index contributed by atoms with van der Waals surface area (Å²) in [4.78, 5) is 5.29. The highest BCUT2D eigenvalue weighted by Crippen LogP contribution is 2.55. The summed E-state index contributed by atoms with van der Waals surface area (Å²) < 4.78 is 7.97. The summed E-state index contributed by atoms with van der Waals surface area (Å²) in [6, 6.07) is 16.5. The van der Waals surface area contributed by atoms with Gasteiger partial charge in [0.25, 0.3) is 0 Å². The first kappa shape index (κ1) is 21.8. The van der Waals surface area contributed by atoms with Crippen LogP contribution >= 0.6 is 23.2 Å². The molecule has 0 amide bonds. The second-order valence-corrected chi connectivity index (χ2v) is 11.2. The molecule has 0 fully saturated rings. The van der Waals surface area contributed by atoms with Crippen LogP contribution in [0.25, 0.3) is 38.6 Å². The Morgan fingerprint density at radius 2 is 1.59 bits per heavy atom. The van der Waals surface area contributed by atoms with E-state index in [0.717, 1.165) is 33.7 Å². The maximum absolute atomic E-state index is 6.76. The van der Waals surface area contributed by atoms with Crippen LogP contribution in [0.2, 0.25) is 10.0 Å². The fourth-order valence-electron chi connectivity index (χ4n) is 5.75. The first-order chi connectivity index (χ1) is 16.1. The van der Waals surface area contributed by atoms with Gasteiger partial charge in [-0.05, 0) is 53.8 Å². The Morgan fingerprint density at radius 1 is 0.882 bits per heavy atom. The number of aromatic nitrogens is 2. The number of aryl methyl sites for hydroxylation is 1. The molecule has 0 saturated heterocycles. The van der Waals surface area contributed by atoms with E-state index in [2.05, 4.69) is 63.3 Å². The fraction of sp³-hybridized carbons (Fsp3) is 0.276. The Bertz CT molecular complexity index is 1660. The zero-order valence-corrected chi connectivity index (χ0v) is 21.7. The van der Waals surface area contributed by atoms with Gasteiger partial charge in [0.1, 0.15) is 11.4 Å². The van der Waals surface area contributed by atoms with Crippen molar-refractivity contribution in [1.82, 2.24) is 9.38 Å². The van der Waals surface area contributed by atoms with Crippen molar-refractivity contribution in [3.8, 4) is 17.0 Å². The Morgan fingerprint density at radius 3 is 2.26 bits per heavy atom. The van der Waals surface area contributed by atoms with Gasteiger partial charge in [-0.15, -0.1) is 0 Å². The number of fused-ring (bicyclic) bond motifs is 3. The van der Waals surface area contributed by atoms with Crippen LogP contribution in [-0.4, -0.2) is 16.5 Å². The summed E-state index contributed by atoms with van der Waals surface area (Å²) in [6.07, 6.45) is 0. The smallest absolute Gasteiger partial charge is 0.146 e. The number of nitrogens with zero attached hydrogens (tertiary/aromatic N) is 2. The molecule has 172 valence electrons. The fourth-order valence-corrected chi connectivity index (χ4v) is 6.32. The molecular weight excluding hydrogens is 463 g/mol. The molecule has 1 aliphatic heterocycles. The first-order valence-corrected chi connectivity index (χ1v) is 12.3. The minimum absolute atomic E-state index is 0.162. The molecule has 3 aromatic carbocycles. The maximum atomic E-state index is 6.76. The third-order valence-electron chi connectivity index (χ3n) is 8.25. The summed E-state index contributed by atoms with van der Waals surface area (Å²) >= 11 is 13.5. The standard InChI is InChI=1S/C29H26Cl2N2O/c1-15-10-13-19-25-22(15)17-12-11-16(34-6)14-18(17)27-32-24(23-20(30)8-7-9-21(23)31)26(33(25)27)29(4,5)28(19,2)3/h7-14H,1-6H3. The molecule has 0 aliphatic carbocycles. The van der Waals surface area contributed by atoms with Crippen molar-refractivity contribution >= 4 is 50.5 Å². The van der Waals surface area contributed by atoms with E-state index >= 15 is 0 Å². The molecule has 2 aromatic heterocycles. The lowest BCUT2D eigenvalue weighted by molar-refractivity contribution is 0.289. The lowest BCUT2D eigenvalue weighted by atomic mass is 9.60. The molecule has 0 bridgehead atoms. The molecule has 1 aliphatic rings. The quantitative estimate of drug-likeness (QED) is 0.233. The van der Waals surface area contributed by atoms with E-state index in [0.29, 0.717) is 10.0 Å². The first-order valence-electron chi connectivity index (χ1n) is 11.5. The summed E-state index contributed by atoms with van der Waals surface area (Å²) in [6.45, 7) is 11.4. The van der Waals surface area contributed by atoms with Crippen LogP contribution in [-0.2, 0) is 10.8 Å². The van der Waals surface area contributed by atoms with Crippen LogP contribution in [0.3, 0.4) is 0 Å². The molecule has 0 spiro atoms. The summed E-state index contributed by atoms with van der Waals surface area (Å²) in [5.74, 6) is 0.807. The van der Waals surface area contributed by atoms with E-state index in [-0.39, 0.29) is 10.8 Å². The van der Waals surface area contributed by atoms with Crippen molar-refractivity contribution in [2.45, 2.75) is 45.4 Å². The van der Waals surface area contributed by atoms with Gasteiger partial charge >= 0.3 is 0 Å². The van der Waals surface area contributed by atoms with Crippen LogP contribution in [0.15, 0.2) is 48.5 Å². The Hall–Kier alpha value is -2.75. The van der Waals surface area contributed by atoms with Gasteiger partial charge < -0.3 is 4.74 Å². The number of halogens is 2. The number of benzene rings is 3. The van der Waals surface area contributed by atoms with Gasteiger partial charge in [0.05, 0.1) is 34.1 Å². The zero-order valence-electron chi connectivity index (χ0n) is 20.2. The SMILES string of the molecule is COc1ccc2c(c1)c1nc(-c3c(Cl)cccc3Cl)c3n1c1c(ccc(C)c21)C(C)(C)C3(C)C. The predicted molar refractivity (Wildman–Crippen MR) is 143 cm³/mol. The lowest BCUT2D eigenvalue weighted by Gasteiger charge is -2.46. The zero-order chi connectivity index (χ0) is 24.2. The summed E-state index contributed by atoms with van der Waals surface area (Å²) in [5.41, 5.74) is 7.02. The highest BCUT2D eigenvalue weighted by Gasteiger charge is 2.48. The molecule has 3 heterocycles. The van der Waals surface area contributed by atoms with E-state index in [4.69, 9.17) is 32.9 Å². The van der Waals surface area contributed by atoms with E-state index in [1.54, 1.807) is 7.11 Å². The summed E-state index contributed by atoms with van der Waals surface area (Å²) in [7, 11) is 1.70. The molecule has 34 heavy (non-hydrogen) atoms. The van der Waals surface area contributed by atoms with Gasteiger partial charge in [-0.1, -0.05) is 69.1 Å². The molecule has 0 atom stereocenters. The van der Waals surface area contributed by atoms with E-state index in [9.17, 15) is 0 Å². The highest BCUT2D eigenvalue weighted by molar-refractivity contribution is 6.39. The molecular formula is C29H26Cl2N2O. The third kappa shape index (κ3) is 2.52. The molecule has 5 aromatic rings. The van der Waals surface area contributed by atoms with Crippen molar-refractivity contribution in [2.24, 2.45) is 0 Å². The number of hydrogen-bond donors (Lipinski definition) is 0. The van der Waals surface area contributed by atoms with Crippen LogP contribution in [0, 0.1) is 6.92 Å². The minimum Gasteiger partial charge on any atom is -0.497 e. The molecule has 0 N–H and O–H groups in total. The average molecular weight is 489 g/mol. The third-order valence-corrected chi connectivity index (χ3v) is 8.88. The van der Waals surface area contributed by atoms with Crippen molar-refractivity contribution in [3.05, 3.63) is 75.4 Å². The van der Waals surface area contributed by atoms with Crippen LogP contribution in [0.5, 0.6) is 5.75 Å². The lowest BCUT2D eigenvalue weighted by Crippen LogP contribution is -2.44. The van der Waals surface area contributed by atoms with Crippen LogP contribution in [0.1, 0.15) is 44.5 Å². The normalized spacial score (nSPS) is 16.1. The van der Waals surface area contributed by atoms with Gasteiger partial charge in [-0.3, -0.25) is 4.40 Å². The Kier molecular flexibility index (Phi) is 4.42. The maximum Gasteiger partial charge on any atom is 0.146 e. The second-order valence-electron chi connectivity index (χ2n) is 10.4. The van der Waals surface area contributed by atoms with Gasteiger partial charge in [-0.2, -0.15) is 0 Å². The van der Waals surface area contributed by atoms with Gasteiger partial charge in [0.15, 0.2) is 0 Å². The van der Waals surface area contributed by atoms with Gasteiger partial charge in [-0.25, -0.2) is 4.98 Å². The molecule has 0 radical (unpaired) electrons. The largest absolute Gasteiger partial charge is 0.497 e. The Labute approximate surface area is 209 Å². The minimum atomic E-state index is -0.258. The van der Waals surface area contributed by atoms with E-state index in [1.807, 2.05) is 24.3 Å². The van der Waals surface area contributed by atoms with Crippen molar-refractivity contribution in [2.75, 3.05) is 7.11 Å². The number of hydrogen-bond acceptors (Lipinski definition) is 2. The van der Waals surface area contributed by atoms with Crippen LogP contribution < -0.4 is 4.74 Å². The van der Waals surface area contributed by atoms with Gasteiger partial charge in [0.2, 0.25) is 0 Å². The molecule has 0 saturated carbocycles. The van der Waals surface area contributed by atoms with Crippen molar-refractivity contribution in [1.29, 1.82) is 0 Å². The molecule has 0 unspecified atom stereocenters. The molecule has 6 rings (SSSR count). The van der Waals surface area contributed by atoms with Gasteiger partial charge in [0, 0.05) is 27.2 Å². The number of methoxy groups -OCH3 is 1. The molecule has 3 nitrogen and oxygen atoms in total. The van der Waals surface area contributed by atoms with E-state index in [1.165, 1.54) is 27.4 Å². The van der Waals surface area contributed by atoms with E-state index < -0.39 is 0 Å². The highest BCUT2D eigenvalue weighted by atomic mass is 35.5. The average Bonchev–Trinajstić information content (AvgIpc) is 3.19. The van der Waals surface area contributed by atoms with Crippen molar-refractivity contribution < 1.29 is 4.74 Å². The number of rotatable bonds is 2. The van der Waals surface area contributed by atoms with Crippen LogP contribution in [0.4, 0.5) is 0 Å². The number of imidazole rings is 1.